The van der Waals surface area contributed by atoms with Gasteiger partial charge < -0.3 is 10.1 Å². The van der Waals surface area contributed by atoms with Crippen LogP contribution in [0.1, 0.15) is 10.4 Å². The molecule has 1 amide bonds. The molecule has 2 aromatic rings. The van der Waals surface area contributed by atoms with Crippen LogP contribution in [0.15, 0.2) is 59.5 Å². The summed E-state index contributed by atoms with van der Waals surface area (Å²) < 4.78 is 43.5. The van der Waals surface area contributed by atoms with E-state index in [1.807, 2.05) is 0 Å². The van der Waals surface area contributed by atoms with Crippen molar-refractivity contribution in [2.24, 2.45) is 0 Å². The van der Waals surface area contributed by atoms with Gasteiger partial charge in [-0.15, -0.1) is 0 Å². The first-order valence-corrected chi connectivity index (χ1v) is 9.52. The fourth-order valence-corrected chi connectivity index (χ4v) is 3.00. The monoisotopic (exact) mass is 408 g/mol. The molecule has 0 saturated carbocycles. The lowest BCUT2D eigenvalue weighted by Crippen LogP contribution is -2.39. The third-order valence-corrected chi connectivity index (χ3v) is 4.85. The van der Waals surface area contributed by atoms with Crippen LogP contribution in [0.3, 0.4) is 0 Å². The number of hydrogen-bond acceptors (Lipinski definition) is 6. The number of nitrogens with one attached hydrogen (secondary N) is 2. The predicted octanol–water partition coefficient (Wildman–Crippen LogP) is 0.646. The van der Waals surface area contributed by atoms with Crippen molar-refractivity contribution in [3.8, 4) is 0 Å². The van der Waals surface area contributed by atoms with Gasteiger partial charge in [0.2, 0.25) is 15.9 Å². The molecule has 0 aromatic heterocycles. The van der Waals surface area contributed by atoms with Crippen LogP contribution in [0.4, 0.5) is 4.39 Å². The molecule has 0 aliphatic heterocycles. The van der Waals surface area contributed by atoms with Crippen LogP contribution in [0.25, 0.3) is 0 Å². The van der Waals surface area contributed by atoms with Gasteiger partial charge in [0, 0.05) is 5.56 Å². The lowest BCUT2D eigenvalue weighted by atomic mass is 10.1. The van der Waals surface area contributed by atoms with Gasteiger partial charge in [-0.1, -0.05) is 18.2 Å². The van der Waals surface area contributed by atoms with Gasteiger partial charge in [-0.2, -0.15) is 0 Å². The largest absolute Gasteiger partial charge is 0.456 e. The first-order valence-electron chi connectivity index (χ1n) is 8.04. The number of hydrogen-bond donors (Lipinski definition) is 2. The molecule has 0 unspecified atom stereocenters. The molecule has 8 nitrogen and oxygen atoms in total. The first-order chi connectivity index (χ1) is 13.3. The zero-order valence-electron chi connectivity index (χ0n) is 14.6. The van der Waals surface area contributed by atoms with E-state index in [-0.39, 0.29) is 10.5 Å². The number of ketones is 1. The zero-order chi connectivity index (χ0) is 20.6. The van der Waals surface area contributed by atoms with Crippen molar-refractivity contribution in [2.45, 2.75) is 4.90 Å². The van der Waals surface area contributed by atoms with E-state index in [1.54, 1.807) is 6.07 Å². The Hall–Kier alpha value is -3.11. The predicted molar refractivity (Wildman–Crippen MR) is 96.3 cm³/mol. The van der Waals surface area contributed by atoms with E-state index >= 15 is 0 Å². The third kappa shape index (κ3) is 6.56. The van der Waals surface area contributed by atoms with E-state index in [0.717, 1.165) is 12.1 Å². The highest BCUT2D eigenvalue weighted by molar-refractivity contribution is 7.89. The Morgan fingerprint density at radius 2 is 1.57 bits per heavy atom. The molecule has 0 heterocycles. The number of carbonyl (C=O) groups excluding carboxylic acids is 3. The number of sulfonamides is 1. The average molecular weight is 408 g/mol. The lowest BCUT2D eigenvalue weighted by molar-refractivity contribution is -0.142. The normalized spacial score (nSPS) is 10.9. The molecule has 28 heavy (non-hydrogen) atoms. The first kappa shape index (κ1) is 21.2. The van der Waals surface area contributed by atoms with Crippen LogP contribution in [0, 0.1) is 5.82 Å². The third-order valence-electron chi connectivity index (χ3n) is 3.44. The number of amides is 1. The van der Waals surface area contributed by atoms with Crippen molar-refractivity contribution in [2.75, 3.05) is 19.7 Å². The summed E-state index contributed by atoms with van der Waals surface area (Å²) in [6, 6.07) is 12.2. The van der Waals surface area contributed by atoms with E-state index in [1.165, 1.54) is 36.4 Å². The van der Waals surface area contributed by atoms with Crippen molar-refractivity contribution in [1.29, 1.82) is 0 Å². The maximum atomic E-state index is 12.8. The molecule has 0 saturated heterocycles. The summed E-state index contributed by atoms with van der Waals surface area (Å²) in [7, 11) is -3.85. The fourth-order valence-electron chi connectivity index (χ4n) is 1.99. The lowest BCUT2D eigenvalue weighted by Gasteiger charge is -2.08. The minimum Gasteiger partial charge on any atom is -0.456 e. The Bertz CT molecular complexity index is 946. The Morgan fingerprint density at radius 1 is 0.929 bits per heavy atom. The molecule has 0 spiro atoms. The Kier molecular flexibility index (Phi) is 7.36. The molecule has 148 valence electrons. The Labute approximate surface area is 160 Å². The smallest absolute Gasteiger partial charge is 0.325 e. The molecule has 2 aromatic carbocycles. The summed E-state index contributed by atoms with van der Waals surface area (Å²) >= 11 is 0. The van der Waals surface area contributed by atoms with Gasteiger partial charge in [0.15, 0.2) is 12.4 Å². The maximum absolute atomic E-state index is 12.8. The number of esters is 1. The van der Waals surface area contributed by atoms with Crippen molar-refractivity contribution >= 4 is 27.7 Å². The summed E-state index contributed by atoms with van der Waals surface area (Å²) in [6.45, 7) is -1.68. The van der Waals surface area contributed by atoms with Crippen LogP contribution in [0.5, 0.6) is 0 Å². The van der Waals surface area contributed by atoms with Crippen LogP contribution in [0.2, 0.25) is 0 Å². The van der Waals surface area contributed by atoms with Crippen LogP contribution in [-0.2, 0) is 24.3 Å². The second-order valence-corrected chi connectivity index (χ2v) is 7.27. The van der Waals surface area contributed by atoms with Gasteiger partial charge in [0.05, 0.1) is 11.4 Å². The Morgan fingerprint density at radius 3 is 2.21 bits per heavy atom. The molecular weight excluding hydrogens is 391 g/mol. The summed E-state index contributed by atoms with van der Waals surface area (Å²) in [5.74, 6) is -2.66. The number of halogens is 1. The van der Waals surface area contributed by atoms with E-state index in [9.17, 15) is 27.2 Å². The van der Waals surface area contributed by atoms with Gasteiger partial charge in [-0.3, -0.25) is 14.4 Å². The van der Waals surface area contributed by atoms with E-state index in [0.29, 0.717) is 0 Å². The second kappa shape index (κ2) is 9.72. The average Bonchev–Trinajstić information content (AvgIpc) is 2.70. The quantitative estimate of drug-likeness (QED) is 0.465. The number of benzene rings is 2. The van der Waals surface area contributed by atoms with Gasteiger partial charge in [0.1, 0.15) is 12.4 Å². The molecule has 0 fully saturated rings. The SMILES string of the molecule is O=C(CNS(=O)(=O)c1ccccc1)NCC(=O)OCC(=O)c1ccc(F)cc1. The minimum absolute atomic E-state index is 0.00140. The highest BCUT2D eigenvalue weighted by Gasteiger charge is 2.16. The molecule has 2 N–H and O–H groups in total. The van der Waals surface area contributed by atoms with Gasteiger partial charge in [0.25, 0.3) is 0 Å². The van der Waals surface area contributed by atoms with Crippen LogP contribution in [-0.4, -0.2) is 45.8 Å². The van der Waals surface area contributed by atoms with Gasteiger partial charge >= 0.3 is 5.97 Å². The molecule has 0 atom stereocenters. The molecule has 0 aliphatic rings. The molecule has 0 bridgehead atoms. The Balaban J connectivity index is 1.71. The van der Waals surface area contributed by atoms with E-state index in [2.05, 4.69) is 10.0 Å². The zero-order valence-corrected chi connectivity index (χ0v) is 15.4. The number of ether oxygens (including phenoxy) is 1. The van der Waals surface area contributed by atoms with Crippen LogP contribution >= 0.6 is 0 Å². The summed E-state index contributed by atoms with van der Waals surface area (Å²) in [6.07, 6.45) is 0. The molecular formula is C18H17FN2O6S. The van der Waals surface area contributed by atoms with Crippen LogP contribution < -0.4 is 10.0 Å². The fraction of sp³-hybridized carbons (Fsp3) is 0.167. The number of Topliss-reactive ketones (excluding diaryl/α,β-unsaturated/α-hetero) is 1. The van der Waals surface area contributed by atoms with Gasteiger partial charge in [-0.25, -0.2) is 17.5 Å². The highest BCUT2D eigenvalue weighted by Crippen LogP contribution is 2.06. The van der Waals surface area contributed by atoms with Crippen molar-refractivity contribution in [3.05, 3.63) is 66.0 Å². The van der Waals surface area contributed by atoms with E-state index < -0.39 is 53.2 Å². The standard InChI is InChI=1S/C18H17FN2O6S/c19-14-8-6-13(7-9-14)16(22)12-27-18(24)11-20-17(23)10-21-28(25,26)15-4-2-1-3-5-15/h1-9,21H,10-12H2,(H,20,23). The number of carbonyl (C=O) groups is 3. The topological polar surface area (TPSA) is 119 Å². The number of rotatable bonds is 9. The second-order valence-electron chi connectivity index (χ2n) is 5.51. The van der Waals surface area contributed by atoms with Crippen molar-refractivity contribution in [3.63, 3.8) is 0 Å². The molecule has 0 radical (unpaired) electrons. The molecule has 0 aliphatic carbocycles. The highest BCUT2D eigenvalue weighted by atomic mass is 32.2. The van der Waals surface area contributed by atoms with E-state index in [4.69, 9.17) is 4.74 Å². The minimum atomic E-state index is -3.85. The van der Waals surface area contributed by atoms with Crippen molar-refractivity contribution < 1.29 is 31.9 Å². The van der Waals surface area contributed by atoms with Gasteiger partial charge in [-0.05, 0) is 36.4 Å². The summed E-state index contributed by atoms with van der Waals surface area (Å²) in [5.41, 5.74) is 0.175. The molecule has 2 rings (SSSR count). The molecule has 10 heteroatoms. The van der Waals surface area contributed by atoms with Crippen molar-refractivity contribution in [1.82, 2.24) is 10.0 Å². The summed E-state index contributed by atoms with van der Waals surface area (Å²) in [4.78, 5) is 35.0. The maximum Gasteiger partial charge on any atom is 0.325 e. The summed E-state index contributed by atoms with van der Waals surface area (Å²) in [5, 5.41) is 2.18.